The van der Waals surface area contributed by atoms with Crippen molar-refractivity contribution in [1.29, 1.82) is 0 Å². The molecule has 0 heterocycles. The van der Waals surface area contributed by atoms with Crippen molar-refractivity contribution >= 4 is 19.7 Å². The Balaban J connectivity index is 5.07. The number of carbonyl (C=O) groups is 2. The van der Waals surface area contributed by atoms with E-state index in [1.54, 1.807) is 0 Å². The van der Waals surface area contributed by atoms with Crippen LogP contribution in [0.25, 0.3) is 0 Å². The van der Waals surface area contributed by atoms with Gasteiger partial charge in [0.25, 0.3) is 7.82 Å². The van der Waals surface area contributed by atoms with Gasteiger partial charge in [0.1, 0.15) is 19.3 Å². The quantitative estimate of drug-likeness (QED) is 0.0212. The van der Waals surface area contributed by atoms with Crippen LogP contribution in [0.2, 0.25) is 0 Å². The number of phosphoric ester groups is 1. The van der Waals surface area contributed by atoms with Crippen molar-refractivity contribution in [3.05, 3.63) is 109 Å². The molecule has 0 rings (SSSR count). The zero-order valence-electron chi connectivity index (χ0n) is 58.9. The van der Waals surface area contributed by atoms with Gasteiger partial charge in [-0.3, -0.25) is 14.2 Å². The van der Waals surface area contributed by atoms with Crippen LogP contribution in [0, 0.1) is 0 Å². The molecule has 9 nitrogen and oxygen atoms in total. The van der Waals surface area contributed by atoms with Gasteiger partial charge in [-0.05, 0) is 115 Å². The topological polar surface area (TPSA) is 114 Å². The van der Waals surface area contributed by atoms with Crippen LogP contribution in [0.3, 0.4) is 0 Å². The molecule has 0 aliphatic heterocycles. The number of rotatable bonds is 67. The van der Waals surface area contributed by atoms with Gasteiger partial charge in [0.2, 0.25) is 5.91 Å². The fraction of sp³-hybridized carbons (Fsp3) is 0.747. The Kier molecular flexibility index (Phi) is 65.0. The molecule has 0 aromatic carbocycles. The van der Waals surface area contributed by atoms with Crippen LogP contribution >= 0.6 is 7.82 Å². The summed E-state index contributed by atoms with van der Waals surface area (Å²) in [6.07, 6.45) is 93.5. The normalized spacial score (nSPS) is 14.1. The van der Waals surface area contributed by atoms with Crippen LogP contribution in [0.15, 0.2) is 109 Å². The highest BCUT2D eigenvalue weighted by Gasteiger charge is 2.27. The SMILES string of the molecule is CC/C=C\C/C=C\C/C=C\C/C=C\C/C=C\CCCCCCCCCC(=O)NC(COP(=O)([O-])OCC[N+](C)(C)C)C(/C=C/CCCCCCCCCCCCC)OC(=O)CCCCCCCCCCCCCCCC/C=C\C/C=C\C/C=C\CCCCC. The maximum Gasteiger partial charge on any atom is 0.306 e. The molecule has 1 amide bonds. The third-order valence-corrected chi connectivity index (χ3v) is 17.2. The number of nitrogens with zero attached hydrogens (tertiary/aromatic N) is 1. The van der Waals surface area contributed by atoms with Gasteiger partial charge in [0.05, 0.1) is 33.8 Å². The first-order valence-corrected chi connectivity index (χ1v) is 38.7. The molecule has 0 aliphatic rings. The molecule has 0 saturated carbocycles. The van der Waals surface area contributed by atoms with E-state index in [2.05, 4.69) is 123 Å². The summed E-state index contributed by atoms with van der Waals surface area (Å²) in [5.41, 5.74) is 0. The summed E-state index contributed by atoms with van der Waals surface area (Å²) < 4.78 is 30.5. The summed E-state index contributed by atoms with van der Waals surface area (Å²) in [5, 5.41) is 3.04. The number of unbranched alkanes of at least 4 members (excludes halogenated alkanes) is 35. The van der Waals surface area contributed by atoms with E-state index in [0.717, 1.165) is 116 Å². The van der Waals surface area contributed by atoms with E-state index in [0.29, 0.717) is 17.4 Å². The average Bonchev–Trinajstić information content (AvgIpc) is 3.64. The molecular formula is C79H141N2O7P. The standard InChI is InChI=1S/C79H141N2O7P/c1-7-10-13-16-19-22-25-28-30-32-34-36-38-39-40-41-43-45-47-49-51-54-57-60-63-66-69-72-79(83)88-77(70-67-64-61-58-55-52-27-24-21-18-15-12-9-3)76(75-87-89(84,85)86-74-73-81(4,5)6)80-78(82)71-68-65-62-59-56-53-50-48-46-44-42-37-35-33-31-29-26-23-20-17-14-11-8-2/h11,14,19-20,22-23,28-31,34-37,44,46,67,70,76-77H,7-10,12-13,15-18,21,24-27,32-33,38-43,45,47-66,68-69,71-75H2,1-6H3,(H-,80,82,84,85)/b14-11-,22-19-,23-20-,30-28-,31-29-,36-34-,37-35-,46-44-,70-67+. The molecular weight excluding hydrogens is 1120 g/mol. The van der Waals surface area contributed by atoms with E-state index in [1.165, 1.54) is 180 Å². The first-order valence-electron chi connectivity index (χ1n) is 37.2. The zero-order chi connectivity index (χ0) is 64.9. The molecule has 0 aromatic rings. The van der Waals surface area contributed by atoms with Gasteiger partial charge < -0.3 is 28.5 Å². The Morgan fingerprint density at radius 1 is 0.404 bits per heavy atom. The maximum absolute atomic E-state index is 13.6. The van der Waals surface area contributed by atoms with Gasteiger partial charge in [-0.15, -0.1) is 0 Å². The summed E-state index contributed by atoms with van der Waals surface area (Å²) in [7, 11) is 1.17. The van der Waals surface area contributed by atoms with Gasteiger partial charge in [-0.25, -0.2) is 0 Å². The van der Waals surface area contributed by atoms with Crippen molar-refractivity contribution in [2.45, 2.75) is 341 Å². The number of amides is 1. The molecule has 0 bridgehead atoms. The van der Waals surface area contributed by atoms with Gasteiger partial charge >= 0.3 is 5.97 Å². The molecule has 3 atom stereocenters. The average molecular weight is 1260 g/mol. The van der Waals surface area contributed by atoms with Crippen LogP contribution in [0.1, 0.15) is 329 Å². The third-order valence-electron chi connectivity index (χ3n) is 16.2. The molecule has 0 radical (unpaired) electrons. The van der Waals surface area contributed by atoms with Crippen molar-refractivity contribution in [3.8, 4) is 0 Å². The van der Waals surface area contributed by atoms with E-state index in [4.69, 9.17) is 13.8 Å². The molecule has 0 saturated heterocycles. The van der Waals surface area contributed by atoms with E-state index in [-0.39, 0.29) is 24.9 Å². The molecule has 10 heteroatoms. The highest BCUT2D eigenvalue weighted by Crippen LogP contribution is 2.38. The predicted octanol–water partition coefficient (Wildman–Crippen LogP) is 23.4. The van der Waals surface area contributed by atoms with Crippen LogP contribution < -0.4 is 10.2 Å². The molecule has 0 fully saturated rings. The van der Waals surface area contributed by atoms with Crippen molar-refractivity contribution < 1.29 is 37.3 Å². The Labute approximate surface area is 551 Å². The lowest BCUT2D eigenvalue weighted by Gasteiger charge is -2.30. The second kappa shape index (κ2) is 67.6. The lowest BCUT2D eigenvalue weighted by molar-refractivity contribution is -0.870. The number of ether oxygens (including phenoxy) is 1. The molecule has 0 spiro atoms. The number of hydrogen-bond acceptors (Lipinski definition) is 7. The summed E-state index contributed by atoms with van der Waals surface area (Å²) in [5.74, 6) is -0.550. The maximum atomic E-state index is 13.6. The largest absolute Gasteiger partial charge is 0.756 e. The minimum atomic E-state index is -4.72. The first kappa shape index (κ1) is 85.7. The van der Waals surface area contributed by atoms with Gasteiger partial charge in [0, 0.05) is 12.8 Å². The summed E-state index contributed by atoms with van der Waals surface area (Å²) >= 11 is 0. The van der Waals surface area contributed by atoms with Crippen LogP contribution in [-0.4, -0.2) is 69.4 Å². The van der Waals surface area contributed by atoms with Crippen molar-refractivity contribution in [2.24, 2.45) is 0 Å². The van der Waals surface area contributed by atoms with Crippen LogP contribution in [0.4, 0.5) is 0 Å². The first-order chi connectivity index (χ1) is 43.4. The summed E-state index contributed by atoms with van der Waals surface area (Å²) in [6, 6.07) is -0.902. The highest BCUT2D eigenvalue weighted by atomic mass is 31.2. The van der Waals surface area contributed by atoms with E-state index in [1.807, 2.05) is 33.3 Å². The molecule has 3 unspecified atom stereocenters. The number of nitrogens with one attached hydrogen (secondary N) is 1. The van der Waals surface area contributed by atoms with Gasteiger partial charge in [-0.1, -0.05) is 310 Å². The van der Waals surface area contributed by atoms with Crippen molar-refractivity contribution in [2.75, 3.05) is 40.9 Å². The summed E-state index contributed by atoms with van der Waals surface area (Å²) in [6.45, 7) is 6.72. The third kappa shape index (κ3) is 68.9. The number of phosphoric acid groups is 1. The smallest absolute Gasteiger partial charge is 0.306 e. The number of carbonyl (C=O) groups excluding carboxylic acids is 2. The zero-order valence-corrected chi connectivity index (χ0v) is 59.8. The Morgan fingerprint density at radius 3 is 1.10 bits per heavy atom. The minimum Gasteiger partial charge on any atom is -0.756 e. The number of hydrogen-bond donors (Lipinski definition) is 1. The minimum absolute atomic E-state index is 0.0288. The predicted molar refractivity (Wildman–Crippen MR) is 385 cm³/mol. The number of allylic oxidation sites excluding steroid dienone is 17. The second-order valence-electron chi connectivity index (χ2n) is 26.1. The molecule has 1 N–H and O–H groups in total. The van der Waals surface area contributed by atoms with Gasteiger partial charge in [-0.2, -0.15) is 0 Å². The van der Waals surface area contributed by atoms with Crippen LogP contribution in [-0.2, 0) is 27.9 Å². The van der Waals surface area contributed by atoms with Gasteiger partial charge in [0.15, 0.2) is 0 Å². The van der Waals surface area contributed by atoms with E-state index >= 15 is 0 Å². The fourth-order valence-electron chi connectivity index (χ4n) is 10.5. The number of esters is 1. The van der Waals surface area contributed by atoms with E-state index in [9.17, 15) is 19.0 Å². The second-order valence-corrected chi connectivity index (χ2v) is 27.5. The molecule has 0 aliphatic carbocycles. The molecule has 0 aromatic heterocycles. The Morgan fingerprint density at radius 2 is 0.719 bits per heavy atom. The van der Waals surface area contributed by atoms with E-state index < -0.39 is 26.6 Å². The monoisotopic (exact) mass is 1260 g/mol. The van der Waals surface area contributed by atoms with Crippen molar-refractivity contribution in [3.63, 3.8) is 0 Å². The Hall–Kier alpha value is -3.33. The van der Waals surface area contributed by atoms with Crippen molar-refractivity contribution in [1.82, 2.24) is 5.32 Å². The number of likely N-dealkylation sites (N-methyl/N-ethyl adjacent to an activating group) is 1. The highest BCUT2D eigenvalue weighted by molar-refractivity contribution is 7.45. The number of quaternary nitrogens is 1. The lowest BCUT2D eigenvalue weighted by atomic mass is 10.0. The summed E-state index contributed by atoms with van der Waals surface area (Å²) in [4.78, 5) is 40.3. The van der Waals surface area contributed by atoms with Crippen LogP contribution in [0.5, 0.6) is 0 Å². The Bertz CT molecular complexity index is 1890. The lowest BCUT2D eigenvalue weighted by Crippen LogP contribution is -2.47. The molecule has 514 valence electrons. The molecule has 89 heavy (non-hydrogen) atoms. The fourth-order valence-corrected chi connectivity index (χ4v) is 11.2.